The Balaban J connectivity index is 1.69. The van der Waals surface area contributed by atoms with Crippen LogP contribution in [-0.2, 0) is 4.74 Å². The van der Waals surface area contributed by atoms with Crippen LogP contribution in [0.3, 0.4) is 0 Å². The minimum Gasteiger partial charge on any atom is -0.388 e. The minimum absolute atomic E-state index is 0.482. The van der Waals surface area contributed by atoms with E-state index in [-0.39, 0.29) is 0 Å². The molecule has 1 fully saturated rings. The molecule has 3 N–H and O–H groups in total. The molecule has 9 heteroatoms. The van der Waals surface area contributed by atoms with Gasteiger partial charge >= 0.3 is 0 Å². The first-order chi connectivity index (χ1) is 15.0. The summed E-state index contributed by atoms with van der Waals surface area (Å²) in [7, 11) is 0. The third kappa shape index (κ3) is 3.53. The fraction of sp³-hybridized carbons (Fsp3) is 0.227. The van der Waals surface area contributed by atoms with Gasteiger partial charge in [0.1, 0.15) is 30.0 Å². The van der Waals surface area contributed by atoms with Gasteiger partial charge in [-0.2, -0.15) is 5.10 Å². The van der Waals surface area contributed by atoms with Gasteiger partial charge in [-0.25, -0.2) is 14.6 Å². The molecule has 0 bridgehead atoms. The normalized spacial score (nSPS) is 23.4. The summed E-state index contributed by atoms with van der Waals surface area (Å²) in [5.41, 5.74) is 2.78. The lowest BCUT2D eigenvalue weighted by Gasteiger charge is -2.15. The number of benzene rings is 2. The van der Waals surface area contributed by atoms with E-state index in [0.717, 1.165) is 11.3 Å². The second-order valence-electron chi connectivity index (χ2n) is 7.42. The highest BCUT2D eigenvalue weighted by molar-refractivity contribution is 6.30. The van der Waals surface area contributed by atoms with Crippen molar-refractivity contribution in [2.75, 3.05) is 5.32 Å². The molecule has 1 saturated heterocycles. The van der Waals surface area contributed by atoms with E-state index >= 15 is 0 Å². The fourth-order valence-electron chi connectivity index (χ4n) is 3.74. The van der Waals surface area contributed by atoms with E-state index in [9.17, 15) is 10.2 Å². The summed E-state index contributed by atoms with van der Waals surface area (Å²) in [6.45, 7) is 1.71. The first kappa shape index (κ1) is 19.9. The molecule has 0 spiro atoms. The van der Waals surface area contributed by atoms with Crippen molar-refractivity contribution in [3.05, 3.63) is 65.9 Å². The summed E-state index contributed by atoms with van der Waals surface area (Å²) in [5.74, 6) is 0.554. The van der Waals surface area contributed by atoms with Crippen molar-refractivity contribution in [2.24, 2.45) is 0 Å². The number of nitrogens with one attached hydrogen (secondary N) is 1. The van der Waals surface area contributed by atoms with Gasteiger partial charge < -0.3 is 20.3 Å². The van der Waals surface area contributed by atoms with Gasteiger partial charge in [0.25, 0.3) is 0 Å². The van der Waals surface area contributed by atoms with Crippen LogP contribution < -0.4 is 5.32 Å². The Labute approximate surface area is 183 Å². The lowest BCUT2D eigenvalue weighted by atomic mass is 10.1. The molecular formula is C22H20ClN5O3. The van der Waals surface area contributed by atoms with Gasteiger partial charge in [0.15, 0.2) is 11.9 Å². The number of hydrogen-bond donors (Lipinski definition) is 3. The third-order valence-electron chi connectivity index (χ3n) is 5.36. The van der Waals surface area contributed by atoms with Crippen molar-refractivity contribution in [3.63, 3.8) is 0 Å². The fourth-order valence-corrected chi connectivity index (χ4v) is 3.87. The van der Waals surface area contributed by atoms with Crippen LogP contribution in [0.25, 0.3) is 22.3 Å². The number of aliphatic hydroxyl groups excluding tert-OH is 2. The molecule has 0 aliphatic carbocycles. The smallest absolute Gasteiger partial charge is 0.181 e. The van der Waals surface area contributed by atoms with Gasteiger partial charge in [0.2, 0.25) is 0 Å². The standard InChI is InChI=1S/C22H20ClN5O3/c1-12-18(29)19(30)22(31-12)28-21-16(17(27-28)13-5-3-2-4-6-13)20(24-11-25-21)26-15-9-7-14(23)8-10-15/h2-12,18-19,22,29-30H,1H3,(H,24,25,26)/t12-,18-,19-,22-/m1/s1. The highest BCUT2D eigenvalue weighted by Crippen LogP contribution is 2.37. The van der Waals surface area contributed by atoms with Gasteiger partial charge in [-0.3, -0.25) is 0 Å². The van der Waals surface area contributed by atoms with Gasteiger partial charge in [-0.05, 0) is 31.2 Å². The maximum absolute atomic E-state index is 10.5. The Morgan fingerprint density at radius 3 is 2.42 bits per heavy atom. The van der Waals surface area contributed by atoms with Gasteiger partial charge in [0.05, 0.1) is 11.5 Å². The summed E-state index contributed by atoms with van der Waals surface area (Å²) >= 11 is 6.00. The van der Waals surface area contributed by atoms with E-state index < -0.39 is 24.5 Å². The number of ether oxygens (including phenoxy) is 1. The first-order valence-electron chi connectivity index (χ1n) is 9.86. The lowest BCUT2D eigenvalue weighted by molar-refractivity contribution is -0.0370. The molecule has 0 amide bonds. The average Bonchev–Trinajstić information content (AvgIpc) is 3.30. The molecule has 0 saturated carbocycles. The number of aromatic nitrogens is 4. The number of rotatable bonds is 4. The van der Waals surface area contributed by atoms with Crippen molar-refractivity contribution in [3.8, 4) is 11.3 Å². The number of hydrogen-bond acceptors (Lipinski definition) is 7. The maximum Gasteiger partial charge on any atom is 0.181 e. The van der Waals surface area contributed by atoms with Crippen molar-refractivity contribution < 1.29 is 14.9 Å². The molecule has 1 aliphatic heterocycles. The highest BCUT2D eigenvalue weighted by Gasteiger charge is 2.43. The van der Waals surface area contributed by atoms with Crippen LogP contribution in [-0.4, -0.2) is 48.3 Å². The molecule has 0 unspecified atom stereocenters. The second-order valence-corrected chi connectivity index (χ2v) is 7.86. The van der Waals surface area contributed by atoms with Crippen LogP contribution in [0.5, 0.6) is 0 Å². The molecule has 2 aromatic carbocycles. The molecule has 158 valence electrons. The molecular weight excluding hydrogens is 418 g/mol. The maximum atomic E-state index is 10.5. The average molecular weight is 438 g/mol. The van der Waals surface area contributed by atoms with Crippen LogP contribution >= 0.6 is 11.6 Å². The zero-order chi connectivity index (χ0) is 21.5. The van der Waals surface area contributed by atoms with E-state index in [2.05, 4.69) is 15.3 Å². The summed E-state index contributed by atoms with van der Waals surface area (Å²) in [6, 6.07) is 16.9. The third-order valence-corrected chi connectivity index (χ3v) is 5.61. The lowest BCUT2D eigenvalue weighted by Crippen LogP contribution is -2.30. The molecule has 2 aromatic heterocycles. The van der Waals surface area contributed by atoms with E-state index in [1.165, 1.54) is 11.0 Å². The number of fused-ring (bicyclic) bond motifs is 1. The SMILES string of the molecule is C[C@H]1O[C@@H](n2nc(-c3ccccc3)c3c(Nc4ccc(Cl)cc4)ncnc32)[C@H](O)[C@@H]1O. The quantitative estimate of drug-likeness (QED) is 0.448. The zero-order valence-corrected chi connectivity index (χ0v) is 17.3. The molecule has 0 radical (unpaired) electrons. The van der Waals surface area contributed by atoms with Crippen LogP contribution in [0.15, 0.2) is 60.9 Å². The Morgan fingerprint density at radius 2 is 1.74 bits per heavy atom. The molecule has 5 rings (SSSR count). The predicted octanol–water partition coefficient (Wildman–Crippen LogP) is 3.53. The van der Waals surface area contributed by atoms with E-state index in [0.29, 0.717) is 27.6 Å². The number of halogens is 1. The molecule has 3 heterocycles. The largest absolute Gasteiger partial charge is 0.388 e. The topological polar surface area (TPSA) is 105 Å². The van der Waals surface area contributed by atoms with Crippen LogP contribution in [0.1, 0.15) is 13.2 Å². The monoisotopic (exact) mass is 437 g/mol. The number of anilines is 2. The van der Waals surface area contributed by atoms with E-state index in [4.69, 9.17) is 21.4 Å². The summed E-state index contributed by atoms with van der Waals surface area (Å²) in [6.07, 6.45) is -2.13. The van der Waals surface area contributed by atoms with Crippen LogP contribution in [0.4, 0.5) is 11.5 Å². The Morgan fingerprint density at radius 1 is 1.00 bits per heavy atom. The molecule has 1 aliphatic rings. The summed E-state index contributed by atoms with van der Waals surface area (Å²) in [5, 5.41) is 30.1. The summed E-state index contributed by atoms with van der Waals surface area (Å²) in [4.78, 5) is 8.87. The van der Waals surface area contributed by atoms with Gasteiger partial charge in [-0.1, -0.05) is 41.9 Å². The Kier molecular flexibility index (Phi) is 5.07. The summed E-state index contributed by atoms with van der Waals surface area (Å²) < 4.78 is 7.32. The highest BCUT2D eigenvalue weighted by atomic mass is 35.5. The number of aliphatic hydroxyl groups is 2. The van der Waals surface area contributed by atoms with E-state index in [1.54, 1.807) is 19.1 Å². The van der Waals surface area contributed by atoms with E-state index in [1.807, 2.05) is 42.5 Å². The Hall–Kier alpha value is -3.04. The zero-order valence-electron chi connectivity index (χ0n) is 16.6. The van der Waals surface area contributed by atoms with Crippen molar-refractivity contribution in [1.29, 1.82) is 0 Å². The van der Waals surface area contributed by atoms with Crippen molar-refractivity contribution >= 4 is 34.1 Å². The molecule has 4 aromatic rings. The van der Waals surface area contributed by atoms with Crippen LogP contribution in [0, 0.1) is 0 Å². The first-order valence-corrected chi connectivity index (χ1v) is 10.2. The van der Waals surface area contributed by atoms with Crippen molar-refractivity contribution in [2.45, 2.75) is 31.5 Å². The van der Waals surface area contributed by atoms with Gasteiger partial charge in [-0.15, -0.1) is 0 Å². The second kappa shape index (κ2) is 7.90. The number of nitrogens with zero attached hydrogens (tertiary/aromatic N) is 4. The molecule has 8 nitrogen and oxygen atoms in total. The minimum atomic E-state index is -1.13. The Bertz CT molecular complexity index is 1220. The molecule has 31 heavy (non-hydrogen) atoms. The predicted molar refractivity (Wildman–Crippen MR) is 117 cm³/mol. The van der Waals surface area contributed by atoms with Gasteiger partial charge in [0, 0.05) is 16.3 Å². The van der Waals surface area contributed by atoms with Crippen LogP contribution in [0.2, 0.25) is 5.02 Å². The molecule has 4 atom stereocenters. The van der Waals surface area contributed by atoms with Crippen molar-refractivity contribution in [1.82, 2.24) is 19.7 Å².